The summed E-state index contributed by atoms with van der Waals surface area (Å²) in [6.45, 7) is 2.37. The molecule has 4 heteroatoms. The van der Waals surface area contributed by atoms with Crippen LogP contribution in [-0.2, 0) is 5.88 Å². The van der Waals surface area contributed by atoms with Crippen molar-refractivity contribution in [2.45, 2.75) is 12.8 Å². The second kappa shape index (κ2) is 4.96. The Labute approximate surface area is 87.1 Å². The van der Waals surface area contributed by atoms with Gasteiger partial charge in [-0.05, 0) is 25.1 Å². The zero-order valence-corrected chi connectivity index (χ0v) is 8.57. The average Bonchev–Trinajstić information content (AvgIpc) is 2.19. The average molecular weight is 216 g/mol. The van der Waals surface area contributed by atoms with Gasteiger partial charge in [-0.1, -0.05) is 0 Å². The number of hydrogen-bond acceptors (Lipinski definition) is 1. The Kier molecular flexibility index (Phi) is 3.89. The molecule has 0 spiro atoms. The molecule has 0 radical (unpaired) electrons. The Morgan fingerprint density at radius 3 is 2.86 bits per heavy atom. The number of rotatable bonds is 3. The molecule has 0 bridgehead atoms. The lowest BCUT2D eigenvalue weighted by Gasteiger charge is -2.04. The number of halogens is 2. The third-order valence-electron chi connectivity index (χ3n) is 1.79. The molecule has 0 aliphatic rings. The fraction of sp³-hybridized carbons (Fsp3) is 0.300. The molecule has 76 valence electrons. The van der Waals surface area contributed by atoms with Crippen LogP contribution in [-0.4, -0.2) is 12.5 Å². The number of carbonyl (C=O) groups is 1. The van der Waals surface area contributed by atoms with Crippen LogP contribution in [0.5, 0.6) is 0 Å². The lowest BCUT2D eigenvalue weighted by Crippen LogP contribution is -2.22. The molecule has 1 amide bonds. The van der Waals surface area contributed by atoms with E-state index in [4.69, 9.17) is 11.6 Å². The maximum atomic E-state index is 13.0. The molecular formula is C10H11ClFNO. The van der Waals surface area contributed by atoms with E-state index in [0.717, 1.165) is 0 Å². The van der Waals surface area contributed by atoms with Crippen molar-refractivity contribution in [1.82, 2.24) is 5.32 Å². The van der Waals surface area contributed by atoms with Crippen molar-refractivity contribution in [2.24, 2.45) is 0 Å². The van der Waals surface area contributed by atoms with Gasteiger partial charge in [0.15, 0.2) is 0 Å². The molecule has 1 rings (SSSR count). The molecule has 0 saturated heterocycles. The number of benzene rings is 1. The first-order chi connectivity index (χ1) is 6.69. The highest BCUT2D eigenvalue weighted by Gasteiger charge is 2.07. The van der Waals surface area contributed by atoms with Crippen LogP contribution in [0, 0.1) is 5.82 Å². The normalized spacial score (nSPS) is 9.93. The molecule has 1 N–H and O–H groups in total. The Hall–Kier alpha value is -1.09. The van der Waals surface area contributed by atoms with Gasteiger partial charge in [-0.2, -0.15) is 0 Å². The summed E-state index contributed by atoms with van der Waals surface area (Å²) >= 11 is 5.51. The lowest BCUT2D eigenvalue weighted by atomic mass is 10.1. The van der Waals surface area contributed by atoms with Gasteiger partial charge in [-0.25, -0.2) is 4.39 Å². The molecule has 14 heavy (non-hydrogen) atoms. The van der Waals surface area contributed by atoms with Crippen LogP contribution in [0.15, 0.2) is 18.2 Å². The van der Waals surface area contributed by atoms with Gasteiger partial charge < -0.3 is 5.32 Å². The standard InChI is InChI=1S/C10H11ClFNO/c1-2-13-10(14)7-3-4-9(12)8(5-7)6-11/h3-5H,2,6H2,1H3,(H,13,14). The number of alkyl halides is 1. The van der Waals surface area contributed by atoms with Crippen LogP contribution in [0.3, 0.4) is 0 Å². The summed E-state index contributed by atoms with van der Waals surface area (Å²) in [6.07, 6.45) is 0. The SMILES string of the molecule is CCNC(=O)c1ccc(F)c(CCl)c1. The Morgan fingerprint density at radius 2 is 2.29 bits per heavy atom. The van der Waals surface area contributed by atoms with Crippen LogP contribution >= 0.6 is 11.6 Å². The number of amides is 1. The zero-order valence-electron chi connectivity index (χ0n) is 7.81. The zero-order chi connectivity index (χ0) is 10.6. The van der Waals surface area contributed by atoms with E-state index in [2.05, 4.69) is 5.32 Å². The molecule has 0 aromatic heterocycles. The molecule has 0 fully saturated rings. The minimum atomic E-state index is -0.381. The van der Waals surface area contributed by atoms with Crippen LogP contribution in [0.1, 0.15) is 22.8 Å². The van der Waals surface area contributed by atoms with E-state index in [1.807, 2.05) is 6.92 Å². The summed E-state index contributed by atoms with van der Waals surface area (Å²) in [5.74, 6) is -0.522. The van der Waals surface area contributed by atoms with Gasteiger partial charge in [0.1, 0.15) is 5.82 Å². The predicted octanol–water partition coefficient (Wildman–Crippen LogP) is 2.31. The summed E-state index contributed by atoms with van der Waals surface area (Å²) in [7, 11) is 0. The molecule has 0 heterocycles. The summed E-state index contributed by atoms with van der Waals surface area (Å²) < 4.78 is 13.0. The Morgan fingerprint density at radius 1 is 1.57 bits per heavy atom. The second-order valence-corrected chi connectivity index (χ2v) is 3.07. The third-order valence-corrected chi connectivity index (χ3v) is 2.08. The molecule has 0 saturated carbocycles. The molecule has 0 atom stereocenters. The summed E-state index contributed by atoms with van der Waals surface area (Å²) in [4.78, 5) is 11.3. The monoisotopic (exact) mass is 215 g/mol. The topological polar surface area (TPSA) is 29.1 Å². The number of hydrogen-bond donors (Lipinski definition) is 1. The fourth-order valence-electron chi connectivity index (χ4n) is 1.08. The van der Waals surface area contributed by atoms with Crippen LogP contribution in [0.25, 0.3) is 0 Å². The van der Waals surface area contributed by atoms with Gasteiger partial charge in [0.25, 0.3) is 5.91 Å². The third kappa shape index (κ3) is 2.45. The van der Waals surface area contributed by atoms with Crippen LogP contribution < -0.4 is 5.32 Å². The van der Waals surface area contributed by atoms with Gasteiger partial charge in [0.05, 0.1) is 5.88 Å². The van der Waals surface area contributed by atoms with E-state index >= 15 is 0 Å². The molecule has 0 aliphatic heterocycles. The predicted molar refractivity (Wildman–Crippen MR) is 54.0 cm³/mol. The molecule has 1 aromatic rings. The highest BCUT2D eigenvalue weighted by molar-refractivity contribution is 6.17. The smallest absolute Gasteiger partial charge is 0.251 e. The largest absolute Gasteiger partial charge is 0.352 e. The summed E-state index contributed by atoms with van der Waals surface area (Å²) in [5.41, 5.74) is 0.777. The Bertz CT molecular complexity index is 341. The summed E-state index contributed by atoms with van der Waals surface area (Å²) in [6, 6.07) is 4.16. The van der Waals surface area contributed by atoms with E-state index in [0.29, 0.717) is 17.7 Å². The van der Waals surface area contributed by atoms with Crippen LogP contribution in [0.4, 0.5) is 4.39 Å². The van der Waals surface area contributed by atoms with Crippen molar-refractivity contribution in [3.05, 3.63) is 35.1 Å². The van der Waals surface area contributed by atoms with Crippen molar-refractivity contribution in [3.63, 3.8) is 0 Å². The highest BCUT2D eigenvalue weighted by Crippen LogP contribution is 2.12. The van der Waals surface area contributed by atoms with Crippen molar-refractivity contribution >= 4 is 17.5 Å². The minimum Gasteiger partial charge on any atom is -0.352 e. The van der Waals surface area contributed by atoms with Crippen molar-refractivity contribution in [1.29, 1.82) is 0 Å². The molecule has 2 nitrogen and oxygen atoms in total. The molecule has 0 aliphatic carbocycles. The lowest BCUT2D eigenvalue weighted by molar-refractivity contribution is 0.0955. The molecule has 0 unspecified atom stereocenters. The van der Waals surface area contributed by atoms with Crippen molar-refractivity contribution in [3.8, 4) is 0 Å². The molecule has 1 aromatic carbocycles. The first-order valence-corrected chi connectivity index (χ1v) is 4.85. The Balaban J connectivity index is 2.94. The van der Waals surface area contributed by atoms with E-state index in [1.165, 1.54) is 18.2 Å². The summed E-state index contributed by atoms with van der Waals surface area (Å²) in [5, 5.41) is 2.63. The van der Waals surface area contributed by atoms with Crippen LogP contribution in [0.2, 0.25) is 0 Å². The molecular weight excluding hydrogens is 205 g/mol. The highest BCUT2D eigenvalue weighted by atomic mass is 35.5. The van der Waals surface area contributed by atoms with Gasteiger partial charge in [0, 0.05) is 17.7 Å². The van der Waals surface area contributed by atoms with Gasteiger partial charge in [0.2, 0.25) is 0 Å². The first kappa shape index (κ1) is 11.0. The van der Waals surface area contributed by atoms with E-state index in [-0.39, 0.29) is 17.6 Å². The quantitative estimate of drug-likeness (QED) is 0.771. The maximum absolute atomic E-state index is 13.0. The van der Waals surface area contributed by atoms with Gasteiger partial charge in [-0.3, -0.25) is 4.79 Å². The first-order valence-electron chi connectivity index (χ1n) is 4.31. The number of carbonyl (C=O) groups excluding carboxylic acids is 1. The second-order valence-electron chi connectivity index (χ2n) is 2.80. The van der Waals surface area contributed by atoms with E-state index < -0.39 is 0 Å². The van der Waals surface area contributed by atoms with E-state index in [1.54, 1.807) is 0 Å². The minimum absolute atomic E-state index is 0.0685. The fourth-order valence-corrected chi connectivity index (χ4v) is 1.29. The van der Waals surface area contributed by atoms with E-state index in [9.17, 15) is 9.18 Å². The van der Waals surface area contributed by atoms with Gasteiger partial charge in [-0.15, -0.1) is 11.6 Å². The number of nitrogens with one attached hydrogen (secondary N) is 1. The van der Waals surface area contributed by atoms with Crippen molar-refractivity contribution in [2.75, 3.05) is 6.54 Å². The van der Waals surface area contributed by atoms with Gasteiger partial charge >= 0.3 is 0 Å². The van der Waals surface area contributed by atoms with Crippen molar-refractivity contribution < 1.29 is 9.18 Å². The maximum Gasteiger partial charge on any atom is 0.251 e.